The molecule has 1 aliphatic heterocycles. The monoisotopic (exact) mass is 357 g/mol. The van der Waals surface area contributed by atoms with Crippen LogP contribution in [0, 0.1) is 6.92 Å². The highest BCUT2D eigenvalue weighted by molar-refractivity contribution is 7.10. The predicted octanol–water partition coefficient (Wildman–Crippen LogP) is 5.21. The van der Waals surface area contributed by atoms with E-state index in [1.165, 1.54) is 21.6 Å². The van der Waals surface area contributed by atoms with Crippen LogP contribution in [0.1, 0.15) is 66.6 Å². The molecule has 134 valence electrons. The minimum absolute atomic E-state index is 0.0290. The van der Waals surface area contributed by atoms with Gasteiger partial charge in [0, 0.05) is 4.88 Å². The minimum atomic E-state index is -0.697. The number of aryl methyl sites for hydroxylation is 1. The number of hydrogen-bond acceptors (Lipinski definition) is 3. The third kappa shape index (κ3) is 3.96. The second-order valence-corrected chi connectivity index (χ2v) is 8.28. The Morgan fingerprint density at radius 3 is 2.44 bits per heavy atom. The van der Waals surface area contributed by atoms with Crippen molar-refractivity contribution in [1.29, 1.82) is 0 Å². The number of piperidine rings is 1. The highest BCUT2D eigenvalue weighted by Crippen LogP contribution is 2.37. The molecule has 3 nitrogen and oxygen atoms in total. The van der Waals surface area contributed by atoms with Crippen LogP contribution in [-0.4, -0.2) is 28.6 Å². The first-order valence-electron chi connectivity index (χ1n) is 9.11. The summed E-state index contributed by atoms with van der Waals surface area (Å²) >= 11 is 1.74. The number of carboxylic acids is 1. The number of likely N-dealkylation sites (tertiary alicyclic amines) is 1. The van der Waals surface area contributed by atoms with Crippen LogP contribution in [0.15, 0.2) is 35.7 Å². The SMILES string of the molecule is Cc1csc(C(c2ccc(C(C)C)cc2)N2CCCCC2C(=O)O)c1. The molecule has 0 amide bonds. The van der Waals surface area contributed by atoms with Crippen molar-refractivity contribution in [2.24, 2.45) is 0 Å². The Morgan fingerprint density at radius 2 is 1.88 bits per heavy atom. The van der Waals surface area contributed by atoms with E-state index in [1.807, 2.05) is 0 Å². The third-order valence-corrected chi connectivity index (χ3v) is 6.20. The van der Waals surface area contributed by atoms with Gasteiger partial charge in [-0.2, -0.15) is 0 Å². The molecule has 1 N–H and O–H groups in total. The van der Waals surface area contributed by atoms with Crippen molar-refractivity contribution >= 4 is 17.3 Å². The first-order chi connectivity index (χ1) is 12.0. The number of rotatable bonds is 5. The molecule has 2 unspecified atom stereocenters. The molecule has 1 aromatic carbocycles. The molecule has 0 radical (unpaired) electrons. The molecule has 0 bridgehead atoms. The fourth-order valence-electron chi connectivity index (χ4n) is 3.71. The van der Waals surface area contributed by atoms with Crippen LogP contribution in [0.4, 0.5) is 0 Å². The van der Waals surface area contributed by atoms with Crippen LogP contribution < -0.4 is 0 Å². The quantitative estimate of drug-likeness (QED) is 0.799. The van der Waals surface area contributed by atoms with Crippen LogP contribution in [0.5, 0.6) is 0 Å². The topological polar surface area (TPSA) is 40.5 Å². The fraction of sp³-hybridized carbons (Fsp3) is 0.476. The van der Waals surface area contributed by atoms with Gasteiger partial charge in [-0.25, -0.2) is 0 Å². The molecule has 1 saturated heterocycles. The average molecular weight is 358 g/mol. The van der Waals surface area contributed by atoms with Crippen molar-refractivity contribution < 1.29 is 9.90 Å². The molecule has 2 aromatic rings. The molecule has 2 atom stereocenters. The predicted molar refractivity (Wildman–Crippen MR) is 103 cm³/mol. The van der Waals surface area contributed by atoms with Crippen LogP contribution in [0.2, 0.25) is 0 Å². The first-order valence-corrected chi connectivity index (χ1v) is 9.98. The van der Waals surface area contributed by atoms with E-state index in [-0.39, 0.29) is 6.04 Å². The Morgan fingerprint density at radius 1 is 1.20 bits per heavy atom. The maximum absolute atomic E-state index is 11.8. The van der Waals surface area contributed by atoms with Gasteiger partial charge in [0.15, 0.2) is 0 Å². The zero-order valence-electron chi connectivity index (χ0n) is 15.2. The van der Waals surface area contributed by atoms with Crippen molar-refractivity contribution in [1.82, 2.24) is 4.90 Å². The van der Waals surface area contributed by atoms with Crippen LogP contribution in [0.3, 0.4) is 0 Å². The van der Waals surface area contributed by atoms with E-state index in [9.17, 15) is 9.90 Å². The van der Waals surface area contributed by atoms with E-state index < -0.39 is 12.0 Å². The number of thiophene rings is 1. The fourth-order valence-corrected chi connectivity index (χ4v) is 4.75. The maximum atomic E-state index is 11.8. The smallest absolute Gasteiger partial charge is 0.320 e. The summed E-state index contributed by atoms with van der Waals surface area (Å²) in [6.07, 6.45) is 2.80. The lowest BCUT2D eigenvalue weighted by Gasteiger charge is -2.39. The molecule has 3 rings (SSSR count). The van der Waals surface area contributed by atoms with E-state index in [2.05, 4.69) is 61.4 Å². The lowest BCUT2D eigenvalue weighted by molar-refractivity contribution is -0.145. The Kier molecular flexibility index (Phi) is 5.60. The average Bonchev–Trinajstić information content (AvgIpc) is 3.02. The summed E-state index contributed by atoms with van der Waals surface area (Å²) in [5.41, 5.74) is 3.75. The standard InChI is InChI=1S/C21H27NO2S/c1-14(2)16-7-9-17(10-8-16)20(19-12-15(3)13-25-19)22-11-5-4-6-18(22)21(23)24/h7-10,12-14,18,20H,4-6,11H2,1-3H3,(H,23,24). The van der Waals surface area contributed by atoms with E-state index in [1.54, 1.807) is 11.3 Å². The van der Waals surface area contributed by atoms with Crippen molar-refractivity contribution in [3.63, 3.8) is 0 Å². The van der Waals surface area contributed by atoms with Crippen molar-refractivity contribution in [2.75, 3.05) is 6.54 Å². The summed E-state index contributed by atoms with van der Waals surface area (Å²) in [5, 5.41) is 11.9. The maximum Gasteiger partial charge on any atom is 0.320 e. The van der Waals surface area contributed by atoms with E-state index in [0.717, 1.165) is 25.8 Å². The molecular weight excluding hydrogens is 330 g/mol. The largest absolute Gasteiger partial charge is 0.480 e. The summed E-state index contributed by atoms with van der Waals surface area (Å²) in [6, 6.07) is 10.6. The van der Waals surface area contributed by atoms with Gasteiger partial charge in [0.2, 0.25) is 0 Å². The Hall–Kier alpha value is -1.65. The highest BCUT2D eigenvalue weighted by Gasteiger charge is 2.35. The molecule has 2 heterocycles. The van der Waals surface area contributed by atoms with Gasteiger partial charge in [-0.3, -0.25) is 9.69 Å². The van der Waals surface area contributed by atoms with E-state index in [0.29, 0.717) is 5.92 Å². The molecule has 0 saturated carbocycles. The van der Waals surface area contributed by atoms with Gasteiger partial charge in [-0.05, 0) is 60.4 Å². The van der Waals surface area contributed by atoms with Crippen molar-refractivity contribution in [3.8, 4) is 0 Å². The second-order valence-electron chi connectivity index (χ2n) is 7.34. The second kappa shape index (κ2) is 7.71. The van der Waals surface area contributed by atoms with Gasteiger partial charge in [-0.15, -0.1) is 11.3 Å². The first kappa shape index (κ1) is 18.2. The number of carboxylic acid groups (broad SMARTS) is 1. The number of hydrogen-bond donors (Lipinski definition) is 1. The number of nitrogens with zero attached hydrogens (tertiary/aromatic N) is 1. The molecule has 0 spiro atoms. The Labute approximate surface area is 154 Å². The molecule has 4 heteroatoms. The molecule has 0 aliphatic carbocycles. The number of benzene rings is 1. The summed E-state index contributed by atoms with van der Waals surface area (Å²) in [4.78, 5) is 15.3. The zero-order valence-corrected chi connectivity index (χ0v) is 16.1. The third-order valence-electron chi connectivity index (χ3n) is 5.10. The Balaban J connectivity index is 2.01. The van der Waals surface area contributed by atoms with Crippen molar-refractivity contribution in [2.45, 2.75) is 58.0 Å². The lowest BCUT2D eigenvalue weighted by atomic mass is 9.93. The molecular formula is C21H27NO2S. The lowest BCUT2D eigenvalue weighted by Crippen LogP contribution is -2.46. The van der Waals surface area contributed by atoms with Gasteiger partial charge in [0.1, 0.15) is 6.04 Å². The van der Waals surface area contributed by atoms with Gasteiger partial charge in [-0.1, -0.05) is 44.5 Å². The van der Waals surface area contributed by atoms with E-state index >= 15 is 0 Å². The van der Waals surface area contributed by atoms with E-state index in [4.69, 9.17) is 0 Å². The Bertz CT molecular complexity index is 720. The molecule has 1 aliphatic rings. The molecule has 1 fully saturated rings. The van der Waals surface area contributed by atoms with Gasteiger partial charge in [0.05, 0.1) is 6.04 Å². The van der Waals surface area contributed by atoms with Crippen LogP contribution in [-0.2, 0) is 4.79 Å². The number of carbonyl (C=O) groups is 1. The van der Waals surface area contributed by atoms with Gasteiger partial charge in [0.25, 0.3) is 0 Å². The summed E-state index contributed by atoms with van der Waals surface area (Å²) < 4.78 is 0. The van der Waals surface area contributed by atoms with Crippen LogP contribution in [0.25, 0.3) is 0 Å². The summed E-state index contributed by atoms with van der Waals surface area (Å²) in [7, 11) is 0. The van der Waals surface area contributed by atoms with Crippen LogP contribution >= 0.6 is 11.3 Å². The normalized spacial score (nSPS) is 19.9. The summed E-state index contributed by atoms with van der Waals surface area (Å²) in [6.45, 7) is 7.33. The number of aliphatic carboxylic acids is 1. The zero-order chi connectivity index (χ0) is 18.0. The molecule has 1 aromatic heterocycles. The minimum Gasteiger partial charge on any atom is -0.480 e. The highest BCUT2D eigenvalue weighted by atomic mass is 32.1. The van der Waals surface area contributed by atoms with Gasteiger partial charge < -0.3 is 5.11 Å². The molecule has 25 heavy (non-hydrogen) atoms. The van der Waals surface area contributed by atoms with Crippen molar-refractivity contribution in [3.05, 3.63) is 57.3 Å². The summed E-state index contributed by atoms with van der Waals surface area (Å²) in [5.74, 6) is -0.199. The van der Waals surface area contributed by atoms with Gasteiger partial charge >= 0.3 is 5.97 Å².